The van der Waals surface area contributed by atoms with E-state index < -0.39 is 10.0 Å². The molecule has 0 spiro atoms. The molecule has 5 nitrogen and oxygen atoms in total. The van der Waals surface area contributed by atoms with Crippen LogP contribution in [0.1, 0.15) is 10.7 Å². The van der Waals surface area contributed by atoms with Crippen LogP contribution in [0, 0.1) is 6.92 Å². The Morgan fingerprint density at radius 1 is 1.35 bits per heavy atom. The Morgan fingerprint density at radius 3 is 2.60 bits per heavy atom. The van der Waals surface area contributed by atoms with Gasteiger partial charge in [0.1, 0.15) is 4.90 Å². The predicted molar refractivity (Wildman–Crippen MR) is 81.5 cm³/mol. The van der Waals surface area contributed by atoms with Crippen molar-refractivity contribution in [2.75, 3.05) is 14.1 Å². The third-order valence-electron chi connectivity index (χ3n) is 2.52. The quantitative estimate of drug-likeness (QED) is 0.788. The summed E-state index contributed by atoms with van der Waals surface area (Å²) in [6.07, 6.45) is 1.39. The van der Waals surface area contributed by atoms with Crippen LogP contribution in [0.2, 0.25) is 0 Å². The van der Waals surface area contributed by atoms with Gasteiger partial charge in [-0.1, -0.05) is 0 Å². The lowest BCUT2D eigenvalue weighted by Crippen LogP contribution is -2.22. The van der Waals surface area contributed by atoms with Gasteiger partial charge in [-0.25, -0.2) is 22.7 Å². The van der Waals surface area contributed by atoms with Crippen molar-refractivity contribution in [3.63, 3.8) is 0 Å². The zero-order valence-electron chi connectivity index (χ0n) is 11.4. The van der Waals surface area contributed by atoms with Gasteiger partial charge in [0.05, 0.1) is 15.7 Å². The lowest BCUT2D eigenvalue weighted by Gasteiger charge is -2.10. The Bertz CT molecular complexity index is 678. The highest BCUT2D eigenvalue weighted by Crippen LogP contribution is 2.23. The molecule has 0 bridgehead atoms. The molecule has 0 N–H and O–H groups in total. The molecule has 0 amide bonds. The number of thioether (sulfide) groups is 1. The van der Waals surface area contributed by atoms with E-state index in [-0.39, 0.29) is 4.90 Å². The zero-order valence-corrected chi connectivity index (χ0v) is 13.8. The van der Waals surface area contributed by atoms with Gasteiger partial charge in [-0.2, -0.15) is 0 Å². The fourth-order valence-corrected chi connectivity index (χ4v) is 3.74. The van der Waals surface area contributed by atoms with Crippen LogP contribution in [-0.2, 0) is 15.8 Å². The molecule has 0 aliphatic carbocycles. The molecule has 0 unspecified atom stereocenters. The van der Waals surface area contributed by atoms with Crippen LogP contribution in [0.25, 0.3) is 0 Å². The van der Waals surface area contributed by atoms with Crippen LogP contribution >= 0.6 is 23.1 Å². The first-order chi connectivity index (χ1) is 9.39. The van der Waals surface area contributed by atoms with Gasteiger partial charge in [-0.3, -0.25) is 0 Å². The first kappa shape index (κ1) is 15.4. The van der Waals surface area contributed by atoms with Crippen LogP contribution in [0.15, 0.2) is 33.6 Å². The molecule has 0 aliphatic rings. The van der Waals surface area contributed by atoms with Gasteiger partial charge in [0, 0.05) is 31.4 Å². The number of hydrogen-bond donors (Lipinski definition) is 0. The highest BCUT2D eigenvalue weighted by Gasteiger charge is 2.17. The third kappa shape index (κ3) is 3.57. The first-order valence-corrected chi connectivity index (χ1v) is 9.12. The van der Waals surface area contributed by atoms with Crippen LogP contribution in [0.3, 0.4) is 0 Å². The van der Waals surface area contributed by atoms with E-state index in [9.17, 15) is 8.42 Å². The Morgan fingerprint density at radius 2 is 2.10 bits per heavy atom. The van der Waals surface area contributed by atoms with Crippen LogP contribution < -0.4 is 0 Å². The van der Waals surface area contributed by atoms with Crippen LogP contribution in [-0.4, -0.2) is 36.8 Å². The van der Waals surface area contributed by atoms with Crippen molar-refractivity contribution in [3.05, 3.63) is 34.4 Å². The molecular weight excluding hydrogens is 314 g/mol. The van der Waals surface area contributed by atoms with Gasteiger partial charge in [0.25, 0.3) is 0 Å². The van der Waals surface area contributed by atoms with E-state index in [1.165, 1.54) is 36.4 Å². The van der Waals surface area contributed by atoms with E-state index in [1.807, 2.05) is 12.3 Å². The Balaban J connectivity index is 2.05. The second-order valence-electron chi connectivity index (χ2n) is 4.27. The van der Waals surface area contributed by atoms with E-state index >= 15 is 0 Å². The lowest BCUT2D eigenvalue weighted by molar-refractivity contribution is 0.520. The molecule has 20 heavy (non-hydrogen) atoms. The molecule has 0 aromatic carbocycles. The molecule has 0 radical (unpaired) electrons. The summed E-state index contributed by atoms with van der Waals surface area (Å²) in [7, 11) is -0.401. The van der Waals surface area contributed by atoms with E-state index in [0.29, 0.717) is 0 Å². The molecule has 2 aromatic heterocycles. The maximum absolute atomic E-state index is 11.9. The third-order valence-corrected chi connectivity index (χ3v) is 6.12. The van der Waals surface area contributed by atoms with Crippen molar-refractivity contribution in [2.45, 2.75) is 22.6 Å². The molecule has 0 fully saturated rings. The second kappa shape index (κ2) is 6.21. The minimum Gasteiger partial charge on any atom is -0.249 e. The smallest absolute Gasteiger partial charge is 0.244 e. The van der Waals surface area contributed by atoms with E-state index in [2.05, 4.69) is 9.97 Å². The topological polar surface area (TPSA) is 63.2 Å². The molecule has 2 heterocycles. The summed E-state index contributed by atoms with van der Waals surface area (Å²) in [6.45, 7) is 1.97. The molecule has 2 rings (SSSR count). The van der Waals surface area contributed by atoms with Crippen LogP contribution in [0.5, 0.6) is 0 Å². The number of pyridine rings is 1. The number of sulfonamides is 1. The minimum atomic E-state index is -3.41. The zero-order chi connectivity index (χ0) is 14.8. The van der Waals surface area contributed by atoms with Gasteiger partial charge in [-0.05, 0) is 19.1 Å². The molecule has 2 aromatic rings. The summed E-state index contributed by atoms with van der Waals surface area (Å²) >= 11 is 3.16. The number of rotatable bonds is 5. The normalized spacial score (nSPS) is 12.0. The van der Waals surface area contributed by atoms with Crippen molar-refractivity contribution in [1.29, 1.82) is 0 Å². The summed E-state index contributed by atoms with van der Waals surface area (Å²) in [4.78, 5) is 8.76. The largest absolute Gasteiger partial charge is 0.249 e. The van der Waals surface area contributed by atoms with E-state index in [0.717, 1.165) is 21.5 Å². The Labute approximate surface area is 127 Å². The van der Waals surface area contributed by atoms with Gasteiger partial charge in [-0.15, -0.1) is 23.1 Å². The average molecular weight is 329 g/mol. The monoisotopic (exact) mass is 329 g/mol. The van der Waals surface area contributed by atoms with Crippen molar-refractivity contribution >= 4 is 33.1 Å². The molecule has 0 atom stereocenters. The van der Waals surface area contributed by atoms with Gasteiger partial charge < -0.3 is 0 Å². The predicted octanol–water partition coefficient (Wildman–Crippen LogP) is 2.39. The molecular formula is C12H15N3O2S3. The number of hydrogen-bond acceptors (Lipinski definition) is 6. The summed E-state index contributed by atoms with van der Waals surface area (Å²) in [5.41, 5.74) is 1.02. The van der Waals surface area contributed by atoms with Crippen molar-refractivity contribution in [1.82, 2.24) is 14.3 Å². The highest BCUT2D eigenvalue weighted by atomic mass is 32.2. The SMILES string of the molecule is Cc1nc(CSc2ccc(S(=O)(=O)N(C)C)cn2)cs1. The summed E-state index contributed by atoms with van der Waals surface area (Å²) in [5.74, 6) is 0.733. The summed E-state index contributed by atoms with van der Waals surface area (Å²) in [5, 5.41) is 3.85. The van der Waals surface area contributed by atoms with Crippen molar-refractivity contribution in [3.8, 4) is 0 Å². The van der Waals surface area contributed by atoms with E-state index in [1.54, 1.807) is 23.5 Å². The number of nitrogens with zero attached hydrogens (tertiary/aromatic N) is 3. The summed E-state index contributed by atoms with van der Waals surface area (Å²) in [6, 6.07) is 3.30. The fourth-order valence-electron chi connectivity index (χ4n) is 1.44. The van der Waals surface area contributed by atoms with Gasteiger partial charge in [0.2, 0.25) is 10.0 Å². The van der Waals surface area contributed by atoms with Crippen molar-refractivity contribution in [2.24, 2.45) is 0 Å². The first-order valence-electron chi connectivity index (χ1n) is 5.82. The number of aryl methyl sites for hydroxylation is 1. The van der Waals surface area contributed by atoms with Gasteiger partial charge >= 0.3 is 0 Å². The Hall–Kier alpha value is -0.960. The standard InChI is InChI=1S/C12H15N3O2S3/c1-9-14-10(7-18-9)8-19-12-5-4-11(6-13-12)20(16,17)15(2)3/h4-7H,8H2,1-3H3. The molecule has 8 heteroatoms. The lowest BCUT2D eigenvalue weighted by atomic mass is 10.5. The highest BCUT2D eigenvalue weighted by molar-refractivity contribution is 7.98. The molecule has 108 valence electrons. The summed E-state index contributed by atoms with van der Waals surface area (Å²) < 4.78 is 25.0. The number of thiazole rings is 1. The second-order valence-corrected chi connectivity index (χ2v) is 8.48. The molecule has 0 saturated carbocycles. The van der Waals surface area contributed by atoms with Gasteiger partial charge in [0.15, 0.2) is 0 Å². The van der Waals surface area contributed by atoms with Crippen LogP contribution in [0.4, 0.5) is 0 Å². The van der Waals surface area contributed by atoms with E-state index in [4.69, 9.17) is 0 Å². The fraction of sp³-hybridized carbons (Fsp3) is 0.333. The maximum Gasteiger partial charge on any atom is 0.244 e. The Kier molecular flexibility index (Phi) is 4.79. The maximum atomic E-state index is 11.9. The molecule has 0 aliphatic heterocycles. The van der Waals surface area contributed by atoms with Crippen molar-refractivity contribution < 1.29 is 8.42 Å². The minimum absolute atomic E-state index is 0.205. The average Bonchev–Trinajstić information content (AvgIpc) is 2.82. The molecule has 0 saturated heterocycles. The number of aromatic nitrogens is 2.